The molecular formula is C25H31N3O6. The average Bonchev–Trinajstić information content (AvgIpc) is 2.79. The normalized spacial score (nSPS) is 14.2. The number of likely N-dealkylation sites (tertiary alicyclic amines) is 1. The van der Waals surface area contributed by atoms with Gasteiger partial charge >= 0.3 is 12.2 Å². The summed E-state index contributed by atoms with van der Waals surface area (Å²) < 4.78 is 16.0. The molecule has 9 nitrogen and oxygen atoms in total. The molecule has 1 aliphatic rings. The first kappa shape index (κ1) is 24.9. The lowest BCUT2D eigenvalue weighted by Crippen LogP contribution is -2.44. The largest absolute Gasteiger partial charge is 0.497 e. The summed E-state index contributed by atoms with van der Waals surface area (Å²) in [5.74, 6) is 0.332. The van der Waals surface area contributed by atoms with Crippen molar-refractivity contribution >= 4 is 29.5 Å². The van der Waals surface area contributed by atoms with Crippen molar-refractivity contribution in [2.45, 2.75) is 45.3 Å². The van der Waals surface area contributed by atoms with E-state index in [4.69, 9.17) is 14.2 Å². The van der Waals surface area contributed by atoms with Crippen LogP contribution in [0.2, 0.25) is 0 Å². The number of methoxy groups -OCH3 is 1. The SMILES string of the molecule is COc1ccc(C(=O)Nc2ccccc2NC(=O)OC2CCN(C(=O)OC(C)(C)C)CC2)cc1. The Morgan fingerprint density at radius 3 is 2.06 bits per heavy atom. The van der Waals surface area contributed by atoms with Crippen molar-refractivity contribution in [3.05, 3.63) is 54.1 Å². The maximum Gasteiger partial charge on any atom is 0.411 e. The van der Waals surface area contributed by atoms with Crippen LogP contribution in [0.5, 0.6) is 5.75 Å². The number of piperidine rings is 1. The van der Waals surface area contributed by atoms with E-state index < -0.39 is 11.7 Å². The van der Waals surface area contributed by atoms with Gasteiger partial charge in [0.2, 0.25) is 0 Å². The van der Waals surface area contributed by atoms with Crippen LogP contribution in [0.1, 0.15) is 44.0 Å². The summed E-state index contributed by atoms with van der Waals surface area (Å²) in [6.07, 6.45) is -0.274. The van der Waals surface area contributed by atoms with Crippen molar-refractivity contribution in [2.24, 2.45) is 0 Å². The third kappa shape index (κ3) is 7.13. The number of nitrogens with zero attached hydrogens (tertiary/aromatic N) is 1. The summed E-state index contributed by atoms with van der Waals surface area (Å²) in [5.41, 5.74) is 0.760. The molecule has 2 aromatic rings. The second-order valence-electron chi connectivity index (χ2n) is 8.93. The number of carbonyl (C=O) groups excluding carboxylic acids is 3. The lowest BCUT2D eigenvalue weighted by Gasteiger charge is -2.33. The van der Waals surface area contributed by atoms with Gasteiger partial charge in [-0.05, 0) is 57.2 Å². The molecule has 0 saturated carbocycles. The van der Waals surface area contributed by atoms with E-state index in [0.29, 0.717) is 48.6 Å². The molecule has 0 aliphatic carbocycles. The van der Waals surface area contributed by atoms with Gasteiger partial charge in [-0.2, -0.15) is 0 Å². The molecular weight excluding hydrogens is 438 g/mol. The predicted octanol–water partition coefficient (Wildman–Crippen LogP) is 4.90. The standard InChI is InChI=1S/C25H31N3O6/c1-25(2,3)34-24(31)28-15-13-19(14-16-28)33-23(30)27-21-8-6-5-7-20(21)26-22(29)17-9-11-18(32-4)12-10-17/h5-12,19H,13-16H2,1-4H3,(H,26,29)(H,27,30). The van der Waals surface area contributed by atoms with Gasteiger partial charge in [-0.15, -0.1) is 0 Å². The van der Waals surface area contributed by atoms with Crippen LogP contribution in [-0.2, 0) is 9.47 Å². The molecule has 0 bridgehead atoms. The van der Waals surface area contributed by atoms with Crippen molar-refractivity contribution in [1.29, 1.82) is 0 Å². The number of para-hydroxylation sites is 2. The van der Waals surface area contributed by atoms with Crippen LogP contribution < -0.4 is 15.4 Å². The number of hydrogen-bond donors (Lipinski definition) is 2. The van der Waals surface area contributed by atoms with Crippen LogP contribution in [0.4, 0.5) is 21.0 Å². The number of benzene rings is 2. The van der Waals surface area contributed by atoms with E-state index in [2.05, 4.69) is 10.6 Å². The van der Waals surface area contributed by atoms with E-state index in [0.717, 1.165) is 0 Å². The first-order chi connectivity index (χ1) is 16.1. The number of rotatable bonds is 5. The maximum absolute atomic E-state index is 12.6. The number of nitrogens with one attached hydrogen (secondary N) is 2. The lowest BCUT2D eigenvalue weighted by molar-refractivity contribution is 0.00792. The Hall–Kier alpha value is -3.75. The van der Waals surface area contributed by atoms with Crippen molar-refractivity contribution in [3.8, 4) is 5.75 Å². The summed E-state index contributed by atoms with van der Waals surface area (Å²) in [6, 6.07) is 13.6. The Labute approximate surface area is 199 Å². The number of ether oxygens (including phenoxy) is 3. The van der Waals surface area contributed by atoms with Gasteiger partial charge in [0.1, 0.15) is 17.5 Å². The molecule has 0 unspecified atom stereocenters. The van der Waals surface area contributed by atoms with E-state index in [9.17, 15) is 14.4 Å². The fourth-order valence-corrected chi connectivity index (χ4v) is 3.41. The molecule has 34 heavy (non-hydrogen) atoms. The second kappa shape index (κ2) is 10.9. The first-order valence-corrected chi connectivity index (χ1v) is 11.1. The molecule has 0 aromatic heterocycles. The molecule has 0 radical (unpaired) electrons. The first-order valence-electron chi connectivity index (χ1n) is 11.1. The highest BCUT2D eigenvalue weighted by Crippen LogP contribution is 2.24. The predicted molar refractivity (Wildman–Crippen MR) is 128 cm³/mol. The number of anilines is 2. The minimum Gasteiger partial charge on any atom is -0.497 e. The van der Waals surface area contributed by atoms with Crippen LogP contribution in [0.15, 0.2) is 48.5 Å². The summed E-state index contributed by atoms with van der Waals surface area (Å²) in [6.45, 7) is 6.36. The van der Waals surface area contributed by atoms with Crippen LogP contribution in [0.3, 0.4) is 0 Å². The van der Waals surface area contributed by atoms with E-state index in [1.807, 2.05) is 20.8 Å². The Morgan fingerprint density at radius 1 is 0.912 bits per heavy atom. The highest BCUT2D eigenvalue weighted by molar-refractivity contribution is 6.06. The Balaban J connectivity index is 1.53. The zero-order valence-corrected chi connectivity index (χ0v) is 19.9. The van der Waals surface area contributed by atoms with Crippen LogP contribution in [0.25, 0.3) is 0 Å². The Kier molecular flexibility index (Phi) is 7.99. The molecule has 0 atom stereocenters. The van der Waals surface area contributed by atoms with Gasteiger partial charge in [-0.25, -0.2) is 9.59 Å². The van der Waals surface area contributed by atoms with Crippen molar-refractivity contribution < 1.29 is 28.6 Å². The molecule has 182 valence electrons. The molecule has 1 saturated heterocycles. The fraction of sp³-hybridized carbons (Fsp3) is 0.400. The highest BCUT2D eigenvalue weighted by Gasteiger charge is 2.28. The van der Waals surface area contributed by atoms with E-state index in [1.165, 1.54) is 0 Å². The van der Waals surface area contributed by atoms with Crippen molar-refractivity contribution in [1.82, 2.24) is 4.90 Å². The van der Waals surface area contributed by atoms with E-state index in [1.54, 1.807) is 60.5 Å². The van der Waals surface area contributed by atoms with E-state index in [-0.39, 0.29) is 18.1 Å². The minimum atomic E-state index is -0.623. The smallest absolute Gasteiger partial charge is 0.411 e. The van der Waals surface area contributed by atoms with Gasteiger partial charge in [-0.3, -0.25) is 10.1 Å². The molecule has 1 heterocycles. The van der Waals surface area contributed by atoms with Crippen LogP contribution in [0, 0.1) is 0 Å². The van der Waals surface area contributed by atoms with Gasteiger partial charge in [-0.1, -0.05) is 12.1 Å². The highest BCUT2D eigenvalue weighted by atomic mass is 16.6. The molecule has 9 heteroatoms. The summed E-state index contributed by atoms with van der Waals surface area (Å²) in [7, 11) is 1.56. The van der Waals surface area contributed by atoms with Crippen LogP contribution >= 0.6 is 0 Å². The van der Waals surface area contributed by atoms with Crippen LogP contribution in [-0.4, -0.2) is 54.9 Å². The third-order valence-corrected chi connectivity index (χ3v) is 5.13. The van der Waals surface area contributed by atoms with Gasteiger partial charge in [0.25, 0.3) is 5.91 Å². The zero-order valence-electron chi connectivity index (χ0n) is 19.9. The molecule has 0 spiro atoms. The summed E-state index contributed by atoms with van der Waals surface area (Å²) >= 11 is 0. The van der Waals surface area contributed by atoms with Crippen molar-refractivity contribution in [3.63, 3.8) is 0 Å². The summed E-state index contributed by atoms with van der Waals surface area (Å²) in [5, 5.41) is 5.50. The molecule has 2 aromatic carbocycles. The Morgan fingerprint density at radius 2 is 1.50 bits per heavy atom. The minimum absolute atomic E-state index is 0.320. The monoisotopic (exact) mass is 469 g/mol. The average molecular weight is 470 g/mol. The molecule has 1 aliphatic heterocycles. The van der Waals surface area contributed by atoms with Gasteiger partial charge in [0.15, 0.2) is 0 Å². The van der Waals surface area contributed by atoms with Crippen molar-refractivity contribution in [2.75, 3.05) is 30.8 Å². The topological polar surface area (TPSA) is 106 Å². The van der Waals surface area contributed by atoms with Gasteiger partial charge in [0.05, 0.1) is 18.5 Å². The van der Waals surface area contributed by atoms with Gasteiger partial charge < -0.3 is 24.4 Å². The number of amides is 3. The molecule has 1 fully saturated rings. The third-order valence-electron chi connectivity index (χ3n) is 5.13. The van der Waals surface area contributed by atoms with Gasteiger partial charge in [0, 0.05) is 31.5 Å². The lowest BCUT2D eigenvalue weighted by atomic mass is 10.1. The van der Waals surface area contributed by atoms with E-state index >= 15 is 0 Å². The molecule has 3 amide bonds. The molecule has 2 N–H and O–H groups in total. The zero-order chi connectivity index (χ0) is 24.7. The fourth-order valence-electron chi connectivity index (χ4n) is 3.41. The summed E-state index contributed by atoms with van der Waals surface area (Å²) in [4.78, 5) is 38.9. The quantitative estimate of drug-likeness (QED) is 0.645. The number of hydrogen-bond acceptors (Lipinski definition) is 6. The second-order valence-corrected chi connectivity index (χ2v) is 8.93. The molecule has 3 rings (SSSR count). The Bertz CT molecular complexity index is 1010. The maximum atomic E-state index is 12.6. The number of carbonyl (C=O) groups is 3.